The molecule has 0 amide bonds. The van der Waals surface area contributed by atoms with Crippen LogP contribution >= 0.6 is 11.6 Å². The van der Waals surface area contributed by atoms with Gasteiger partial charge in [0.15, 0.2) is 0 Å². The van der Waals surface area contributed by atoms with Crippen molar-refractivity contribution in [2.24, 2.45) is 7.05 Å². The molecule has 1 unspecified atom stereocenters. The quantitative estimate of drug-likeness (QED) is 0.715. The predicted octanol–water partition coefficient (Wildman–Crippen LogP) is 1.93. The molecule has 1 aliphatic heterocycles. The standard InChI is InChI=1S/C15H24ClN3O3/c1-11-13(15(16)18(2)17-11)10-19(7-6-14(20)21-3)9-12-5-4-8-22-12/h12H,4-10H2,1-3H3. The minimum Gasteiger partial charge on any atom is -0.469 e. The molecule has 7 heteroatoms. The smallest absolute Gasteiger partial charge is 0.306 e. The number of hydrogen-bond donors (Lipinski definition) is 0. The van der Waals surface area contributed by atoms with Crippen LogP contribution in [0.3, 0.4) is 0 Å². The Kier molecular flexibility index (Phi) is 6.23. The van der Waals surface area contributed by atoms with Gasteiger partial charge in [0.2, 0.25) is 0 Å². The molecule has 0 N–H and O–H groups in total. The van der Waals surface area contributed by atoms with Gasteiger partial charge in [-0.2, -0.15) is 5.10 Å². The fourth-order valence-corrected chi connectivity index (χ4v) is 2.97. The highest BCUT2D eigenvalue weighted by molar-refractivity contribution is 6.30. The van der Waals surface area contributed by atoms with Gasteiger partial charge in [-0.15, -0.1) is 0 Å². The van der Waals surface area contributed by atoms with Gasteiger partial charge in [0, 0.05) is 38.9 Å². The number of rotatable bonds is 7. The van der Waals surface area contributed by atoms with Crippen molar-refractivity contribution in [2.75, 3.05) is 26.8 Å². The molecule has 22 heavy (non-hydrogen) atoms. The largest absolute Gasteiger partial charge is 0.469 e. The Balaban J connectivity index is 2.03. The van der Waals surface area contributed by atoms with E-state index in [2.05, 4.69) is 10.00 Å². The van der Waals surface area contributed by atoms with Gasteiger partial charge in [-0.3, -0.25) is 14.4 Å². The Morgan fingerprint density at radius 1 is 1.59 bits per heavy atom. The zero-order chi connectivity index (χ0) is 16.1. The van der Waals surface area contributed by atoms with E-state index in [4.69, 9.17) is 21.1 Å². The number of methoxy groups -OCH3 is 1. The van der Waals surface area contributed by atoms with E-state index < -0.39 is 0 Å². The molecule has 1 aromatic heterocycles. The van der Waals surface area contributed by atoms with Crippen LogP contribution in [-0.4, -0.2) is 53.6 Å². The number of carbonyl (C=O) groups excluding carboxylic acids is 1. The van der Waals surface area contributed by atoms with Gasteiger partial charge in [-0.05, 0) is 19.8 Å². The number of hydrogen-bond acceptors (Lipinski definition) is 5. The van der Waals surface area contributed by atoms with Crippen LogP contribution in [0.5, 0.6) is 0 Å². The van der Waals surface area contributed by atoms with E-state index >= 15 is 0 Å². The number of aromatic nitrogens is 2. The summed E-state index contributed by atoms with van der Waals surface area (Å²) in [7, 11) is 3.24. The first-order valence-electron chi connectivity index (χ1n) is 7.60. The van der Waals surface area contributed by atoms with Crippen LogP contribution in [-0.2, 0) is 27.9 Å². The lowest BCUT2D eigenvalue weighted by Crippen LogP contribution is -2.34. The number of esters is 1. The molecule has 0 aromatic carbocycles. The van der Waals surface area contributed by atoms with Crippen molar-refractivity contribution in [3.63, 3.8) is 0 Å². The van der Waals surface area contributed by atoms with Crippen molar-refractivity contribution in [3.8, 4) is 0 Å². The Morgan fingerprint density at radius 3 is 2.91 bits per heavy atom. The molecule has 0 spiro atoms. The van der Waals surface area contributed by atoms with Crippen molar-refractivity contribution < 1.29 is 14.3 Å². The van der Waals surface area contributed by atoms with Gasteiger partial charge in [0.25, 0.3) is 0 Å². The Morgan fingerprint density at radius 2 is 2.36 bits per heavy atom. The fourth-order valence-electron chi connectivity index (χ4n) is 2.74. The molecule has 1 saturated heterocycles. The van der Waals surface area contributed by atoms with E-state index in [1.165, 1.54) is 7.11 Å². The first kappa shape index (κ1) is 17.2. The van der Waals surface area contributed by atoms with Crippen molar-refractivity contribution in [1.29, 1.82) is 0 Å². The summed E-state index contributed by atoms with van der Waals surface area (Å²) in [6.07, 6.45) is 2.75. The third-order valence-electron chi connectivity index (χ3n) is 4.00. The monoisotopic (exact) mass is 329 g/mol. The van der Waals surface area contributed by atoms with Crippen LogP contribution in [0.15, 0.2) is 0 Å². The zero-order valence-corrected chi connectivity index (χ0v) is 14.2. The van der Waals surface area contributed by atoms with Crippen LogP contribution in [0.4, 0.5) is 0 Å². The predicted molar refractivity (Wildman–Crippen MR) is 83.8 cm³/mol. The summed E-state index contributed by atoms with van der Waals surface area (Å²) >= 11 is 6.32. The Hall–Kier alpha value is -1.11. The van der Waals surface area contributed by atoms with E-state index in [9.17, 15) is 4.79 Å². The molecule has 1 aromatic rings. The van der Waals surface area contributed by atoms with Gasteiger partial charge < -0.3 is 9.47 Å². The Bertz CT molecular complexity index is 512. The maximum Gasteiger partial charge on any atom is 0.306 e. The number of ether oxygens (including phenoxy) is 2. The van der Waals surface area contributed by atoms with E-state index in [1.54, 1.807) is 4.68 Å². The SMILES string of the molecule is COC(=O)CCN(Cc1c(C)nn(C)c1Cl)CC1CCCO1. The average Bonchev–Trinajstić information content (AvgIpc) is 3.08. The summed E-state index contributed by atoms with van der Waals surface area (Å²) in [5.41, 5.74) is 1.93. The fraction of sp³-hybridized carbons (Fsp3) is 0.733. The topological polar surface area (TPSA) is 56.6 Å². The molecule has 0 radical (unpaired) electrons. The second kappa shape index (κ2) is 7.94. The molecule has 0 aliphatic carbocycles. The maximum atomic E-state index is 11.4. The second-order valence-corrected chi connectivity index (χ2v) is 6.03. The first-order chi connectivity index (χ1) is 10.5. The van der Waals surface area contributed by atoms with Crippen molar-refractivity contribution in [2.45, 2.75) is 38.8 Å². The number of carbonyl (C=O) groups is 1. The summed E-state index contributed by atoms with van der Waals surface area (Å²) < 4.78 is 12.1. The molecule has 6 nitrogen and oxygen atoms in total. The summed E-state index contributed by atoms with van der Waals surface area (Å²) in [5, 5.41) is 4.99. The van der Waals surface area contributed by atoms with E-state index in [0.29, 0.717) is 24.7 Å². The maximum absolute atomic E-state index is 11.4. The highest BCUT2D eigenvalue weighted by Gasteiger charge is 2.22. The molecule has 1 aliphatic rings. The first-order valence-corrected chi connectivity index (χ1v) is 7.97. The van der Waals surface area contributed by atoms with Gasteiger partial charge in [0.05, 0.1) is 25.3 Å². The van der Waals surface area contributed by atoms with Gasteiger partial charge in [-0.25, -0.2) is 0 Å². The average molecular weight is 330 g/mol. The third kappa shape index (κ3) is 4.44. The van der Waals surface area contributed by atoms with Crippen molar-refractivity contribution in [3.05, 3.63) is 16.4 Å². The molecule has 1 atom stereocenters. The minimum atomic E-state index is -0.202. The summed E-state index contributed by atoms with van der Waals surface area (Å²) in [4.78, 5) is 13.6. The number of aryl methyl sites for hydroxylation is 2. The van der Waals surface area contributed by atoms with Crippen molar-refractivity contribution >= 4 is 17.6 Å². The van der Waals surface area contributed by atoms with Crippen molar-refractivity contribution in [1.82, 2.24) is 14.7 Å². The van der Waals surface area contributed by atoms with E-state index in [0.717, 1.165) is 37.3 Å². The normalized spacial score (nSPS) is 18.1. The van der Waals surface area contributed by atoms with E-state index in [1.807, 2.05) is 14.0 Å². The number of halogens is 1. The zero-order valence-electron chi connectivity index (χ0n) is 13.5. The van der Waals surface area contributed by atoms with Gasteiger partial charge >= 0.3 is 5.97 Å². The van der Waals surface area contributed by atoms with Crippen LogP contribution in [0.2, 0.25) is 5.15 Å². The summed E-state index contributed by atoms with van der Waals surface area (Å²) in [6.45, 7) is 4.85. The molecule has 0 saturated carbocycles. The molecule has 2 heterocycles. The van der Waals surface area contributed by atoms with Crippen LogP contribution in [0, 0.1) is 6.92 Å². The minimum absolute atomic E-state index is 0.202. The molecular formula is C15H24ClN3O3. The Labute approximate surface area is 136 Å². The molecule has 2 rings (SSSR count). The molecule has 0 bridgehead atoms. The lowest BCUT2D eigenvalue weighted by atomic mass is 10.2. The third-order valence-corrected chi connectivity index (χ3v) is 4.47. The highest BCUT2D eigenvalue weighted by Crippen LogP contribution is 2.22. The van der Waals surface area contributed by atoms with Gasteiger partial charge in [-0.1, -0.05) is 11.6 Å². The summed E-state index contributed by atoms with van der Waals surface area (Å²) in [6, 6.07) is 0. The molecular weight excluding hydrogens is 306 g/mol. The lowest BCUT2D eigenvalue weighted by Gasteiger charge is -2.24. The number of nitrogens with zero attached hydrogens (tertiary/aromatic N) is 3. The van der Waals surface area contributed by atoms with E-state index in [-0.39, 0.29) is 12.1 Å². The molecule has 1 fully saturated rings. The molecule has 124 valence electrons. The lowest BCUT2D eigenvalue weighted by molar-refractivity contribution is -0.141. The van der Waals surface area contributed by atoms with Crippen LogP contribution < -0.4 is 0 Å². The summed E-state index contributed by atoms with van der Waals surface area (Å²) in [5.74, 6) is -0.202. The second-order valence-electron chi connectivity index (χ2n) is 5.67. The highest BCUT2D eigenvalue weighted by atomic mass is 35.5. The van der Waals surface area contributed by atoms with Crippen LogP contribution in [0.25, 0.3) is 0 Å². The van der Waals surface area contributed by atoms with Gasteiger partial charge in [0.1, 0.15) is 5.15 Å². The van der Waals surface area contributed by atoms with Crippen LogP contribution in [0.1, 0.15) is 30.5 Å².